The number of hydrogen-bond acceptors (Lipinski definition) is 6. The van der Waals surface area contributed by atoms with Gasteiger partial charge in [-0.25, -0.2) is 8.42 Å². The van der Waals surface area contributed by atoms with Gasteiger partial charge in [-0.15, -0.1) is 0 Å². The summed E-state index contributed by atoms with van der Waals surface area (Å²) < 4.78 is 32.4. The summed E-state index contributed by atoms with van der Waals surface area (Å²) in [5.41, 5.74) is 1.26. The molecule has 0 atom stereocenters. The summed E-state index contributed by atoms with van der Waals surface area (Å²) in [6.45, 7) is 0.0816. The summed E-state index contributed by atoms with van der Waals surface area (Å²) in [5.74, 6) is 0.827. The first-order valence-electron chi connectivity index (χ1n) is 6.92. The van der Waals surface area contributed by atoms with Gasteiger partial charge in [-0.1, -0.05) is 17.3 Å². The monoisotopic (exact) mass is 338 g/mol. The molecule has 0 unspecified atom stereocenters. The molecule has 2 aromatic rings. The Hall–Kier alpha value is -2.35. The molecule has 0 aliphatic carbocycles. The van der Waals surface area contributed by atoms with Gasteiger partial charge in [0.15, 0.2) is 5.76 Å². The molecule has 1 aromatic carbocycles. The highest BCUT2D eigenvalue weighted by Gasteiger charge is 2.11. The van der Waals surface area contributed by atoms with Crippen molar-refractivity contribution >= 4 is 15.7 Å². The zero-order valence-electron chi connectivity index (χ0n) is 12.9. The van der Waals surface area contributed by atoms with Gasteiger partial charge in [-0.05, 0) is 12.1 Å². The third kappa shape index (κ3) is 5.41. The molecule has 0 spiro atoms. The summed E-state index contributed by atoms with van der Waals surface area (Å²) in [5, 5.41) is 6.39. The number of carbonyl (C=O) groups is 1. The molecule has 1 heterocycles. The number of benzene rings is 1. The van der Waals surface area contributed by atoms with E-state index in [9.17, 15) is 13.2 Å². The molecule has 2 rings (SSSR count). The first-order valence-corrected chi connectivity index (χ1v) is 8.98. The van der Waals surface area contributed by atoms with E-state index >= 15 is 0 Å². The molecule has 0 fully saturated rings. The fourth-order valence-electron chi connectivity index (χ4n) is 1.91. The molecular formula is C15H18N2O5S. The molecule has 0 saturated heterocycles. The first kappa shape index (κ1) is 17.0. The molecule has 8 heteroatoms. The van der Waals surface area contributed by atoms with Crippen LogP contribution >= 0.6 is 0 Å². The van der Waals surface area contributed by atoms with Gasteiger partial charge in [-0.2, -0.15) is 0 Å². The Bertz CT molecular complexity index is 783. The highest BCUT2D eigenvalue weighted by Crippen LogP contribution is 2.24. The third-order valence-corrected chi connectivity index (χ3v) is 4.00. The summed E-state index contributed by atoms with van der Waals surface area (Å²) in [4.78, 5) is 11.7. The van der Waals surface area contributed by atoms with E-state index in [1.165, 1.54) is 0 Å². The maximum Gasteiger partial charge on any atom is 0.226 e. The fraction of sp³-hybridized carbons (Fsp3) is 0.333. The Balaban J connectivity index is 1.95. The number of sulfone groups is 1. The van der Waals surface area contributed by atoms with E-state index in [1.54, 1.807) is 19.2 Å². The van der Waals surface area contributed by atoms with Crippen LogP contribution in [0.5, 0.6) is 5.75 Å². The number of carbonyl (C=O) groups excluding carboxylic acids is 1. The van der Waals surface area contributed by atoms with Crippen LogP contribution in [-0.4, -0.2) is 45.1 Å². The van der Waals surface area contributed by atoms with Crippen molar-refractivity contribution in [3.8, 4) is 17.1 Å². The number of hydrogen-bond donors (Lipinski definition) is 1. The minimum absolute atomic E-state index is 0.0250. The molecule has 124 valence electrons. The molecule has 1 N–H and O–H groups in total. The van der Waals surface area contributed by atoms with Gasteiger partial charge >= 0.3 is 0 Å². The van der Waals surface area contributed by atoms with Crippen molar-refractivity contribution in [2.75, 3.05) is 25.7 Å². The highest BCUT2D eigenvalue weighted by molar-refractivity contribution is 7.90. The Morgan fingerprint density at radius 3 is 2.83 bits per heavy atom. The number of aromatic nitrogens is 1. The van der Waals surface area contributed by atoms with Gasteiger partial charge in [-0.3, -0.25) is 4.79 Å². The van der Waals surface area contributed by atoms with Crippen LogP contribution in [0.2, 0.25) is 0 Å². The van der Waals surface area contributed by atoms with E-state index in [-0.39, 0.29) is 24.6 Å². The lowest BCUT2D eigenvalue weighted by Crippen LogP contribution is -2.30. The average Bonchev–Trinajstić information content (AvgIpc) is 2.94. The molecule has 7 nitrogen and oxygen atoms in total. The normalized spacial score (nSPS) is 11.2. The lowest BCUT2D eigenvalue weighted by molar-refractivity contribution is -0.120. The minimum atomic E-state index is -3.09. The fourth-order valence-corrected chi connectivity index (χ4v) is 2.38. The number of nitrogens with zero attached hydrogens (tertiary/aromatic N) is 1. The molecule has 0 saturated carbocycles. The number of rotatable bonds is 7. The van der Waals surface area contributed by atoms with Crippen LogP contribution in [0.3, 0.4) is 0 Å². The van der Waals surface area contributed by atoms with Gasteiger partial charge < -0.3 is 14.6 Å². The first-order chi connectivity index (χ1) is 10.9. The molecule has 23 heavy (non-hydrogen) atoms. The molecule has 0 radical (unpaired) electrons. The topological polar surface area (TPSA) is 98.5 Å². The van der Waals surface area contributed by atoms with Gasteiger partial charge in [0.1, 0.15) is 15.6 Å². The average molecular weight is 338 g/mol. The van der Waals surface area contributed by atoms with Crippen LogP contribution in [0.15, 0.2) is 34.9 Å². The summed E-state index contributed by atoms with van der Waals surface area (Å²) in [6, 6.07) is 8.96. The number of methoxy groups -OCH3 is 1. The minimum Gasteiger partial charge on any atom is -0.497 e. The Kier molecular flexibility index (Phi) is 5.38. The molecule has 0 aliphatic heterocycles. The molecule has 1 amide bonds. The standard InChI is InChI=1S/C15H18N2O5S/c1-21-13-5-3-4-11(8-13)14-9-12(17-22-14)10-15(18)16-6-7-23(2,19)20/h3-5,8-9H,6-7,10H2,1-2H3,(H,16,18). The zero-order valence-corrected chi connectivity index (χ0v) is 13.7. The van der Waals surface area contributed by atoms with Crippen molar-refractivity contribution in [1.29, 1.82) is 0 Å². The predicted molar refractivity (Wildman–Crippen MR) is 84.9 cm³/mol. The van der Waals surface area contributed by atoms with Crippen molar-refractivity contribution in [1.82, 2.24) is 10.5 Å². The second kappa shape index (κ2) is 7.28. The van der Waals surface area contributed by atoms with Gasteiger partial charge in [0.2, 0.25) is 5.91 Å². The Morgan fingerprint density at radius 1 is 1.35 bits per heavy atom. The van der Waals surface area contributed by atoms with Gasteiger partial charge in [0.25, 0.3) is 0 Å². The van der Waals surface area contributed by atoms with Crippen molar-refractivity contribution in [2.45, 2.75) is 6.42 Å². The van der Waals surface area contributed by atoms with Crippen LogP contribution in [-0.2, 0) is 21.1 Å². The van der Waals surface area contributed by atoms with Crippen LogP contribution in [0.4, 0.5) is 0 Å². The summed E-state index contributed by atoms with van der Waals surface area (Å²) in [6.07, 6.45) is 1.15. The SMILES string of the molecule is COc1cccc(-c2cc(CC(=O)NCCS(C)(=O)=O)no2)c1. The van der Waals surface area contributed by atoms with E-state index in [1.807, 2.05) is 18.2 Å². The maximum atomic E-state index is 11.7. The zero-order chi connectivity index (χ0) is 16.9. The quantitative estimate of drug-likeness (QED) is 0.810. The lowest BCUT2D eigenvalue weighted by Gasteiger charge is -2.02. The number of nitrogens with one attached hydrogen (secondary N) is 1. The predicted octanol–water partition coefficient (Wildman–Crippen LogP) is 1.05. The van der Waals surface area contributed by atoms with E-state index < -0.39 is 9.84 Å². The van der Waals surface area contributed by atoms with Crippen LogP contribution < -0.4 is 10.1 Å². The number of amides is 1. The Labute approximate surface area is 134 Å². The molecule has 0 bridgehead atoms. The largest absolute Gasteiger partial charge is 0.497 e. The second-order valence-corrected chi connectivity index (χ2v) is 7.33. The molecule has 0 aliphatic rings. The van der Waals surface area contributed by atoms with E-state index in [0.29, 0.717) is 17.2 Å². The van der Waals surface area contributed by atoms with E-state index in [0.717, 1.165) is 11.8 Å². The molecular weight excluding hydrogens is 320 g/mol. The smallest absolute Gasteiger partial charge is 0.226 e. The van der Waals surface area contributed by atoms with Crippen LogP contribution in [0.1, 0.15) is 5.69 Å². The van der Waals surface area contributed by atoms with Crippen LogP contribution in [0, 0.1) is 0 Å². The maximum absolute atomic E-state index is 11.7. The second-order valence-electron chi connectivity index (χ2n) is 5.07. The summed E-state index contributed by atoms with van der Waals surface area (Å²) in [7, 11) is -1.52. The summed E-state index contributed by atoms with van der Waals surface area (Å²) >= 11 is 0. The van der Waals surface area contributed by atoms with Gasteiger partial charge in [0, 0.05) is 24.4 Å². The van der Waals surface area contributed by atoms with Crippen LogP contribution in [0.25, 0.3) is 11.3 Å². The third-order valence-electron chi connectivity index (χ3n) is 3.05. The Morgan fingerprint density at radius 2 is 2.13 bits per heavy atom. The number of ether oxygens (including phenoxy) is 1. The lowest BCUT2D eigenvalue weighted by atomic mass is 10.1. The van der Waals surface area contributed by atoms with E-state index in [2.05, 4.69) is 10.5 Å². The van der Waals surface area contributed by atoms with Crippen molar-refractivity contribution < 1.29 is 22.5 Å². The highest BCUT2D eigenvalue weighted by atomic mass is 32.2. The van der Waals surface area contributed by atoms with Crippen molar-refractivity contribution in [2.24, 2.45) is 0 Å². The van der Waals surface area contributed by atoms with E-state index in [4.69, 9.17) is 9.26 Å². The van der Waals surface area contributed by atoms with Crippen molar-refractivity contribution in [3.63, 3.8) is 0 Å². The molecule has 1 aromatic heterocycles. The van der Waals surface area contributed by atoms with Gasteiger partial charge in [0.05, 0.1) is 25.0 Å². The van der Waals surface area contributed by atoms with Crippen molar-refractivity contribution in [3.05, 3.63) is 36.0 Å².